The van der Waals surface area contributed by atoms with Crippen LogP contribution < -0.4 is 10.1 Å². The maximum Gasteiger partial charge on any atom is 0.210 e. The first kappa shape index (κ1) is 20.5. The van der Waals surface area contributed by atoms with E-state index in [1.54, 1.807) is 13.2 Å². The minimum absolute atomic E-state index is 0.297. The maximum atomic E-state index is 14.7. The summed E-state index contributed by atoms with van der Waals surface area (Å²) >= 11 is 2.95. The number of imidazole rings is 1. The number of ether oxygens (including phenoxy) is 1. The van der Waals surface area contributed by atoms with E-state index in [9.17, 15) is 4.39 Å². The molecule has 5 rings (SSSR count). The number of hydrogen-bond donors (Lipinski definition) is 1. The lowest BCUT2D eigenvalue weighted by molar-refractivity contribution is 0.417. The molecule has 160 valence electrons. The molecule has 0 saturated heterocycles. The first-order valence-corrected chi connectivity index (χ1v) is 11.6. The molecule has 0 atom stereocenters. The van der Waals surface area contributed by atoms with E-state index in [-0.39, 0.29) is 5.82 Å². The molecule has 0 fully saturated rings. The van der Waals surface area contributed by atoms with E-state index in [4.69, 9.17) is 4.74 Å². The Morgan fingerprint density at radius 3 is 2.66 bits per heavy atom. The molecular formula is C23H18FN5OS2. The topological polar surface area (TPSA) is 64.9 Å². The Bertz CT molecular complexity index is 1370. The van der Waals surface area contributed by atoms with Crippen molar-refractivity contribution in [3.63, 3.8) is 0 Å². The van der Waals surface area contributed by atoms with Crippen LogP contribution in [-0.2, 0) is 5.75 Å². The van der Waals surface area contributed by atoms with Crippen molar-refractivity contribution in [1.82, 2.24) is 19.7 Å². The van der Waals surface area contributed by atoms with Crippen molar-refractivity contribution in [1.29, 1.82) is 0 Å². The number of nitrogens with zero attached hydrogens (tertiary/aromatic N) is 4. The Morgan fingerprint density at radius 1 is 1.00 bits per heavy atom. The average Bonchev–Trinajstić information content (AvgIpc) is 3.43. The second-order valence-electron chi connectivity index (χ2n) is 6.79. The molecule has 0 aliphatic heterocycles. The molecule has 0 amide bonds. The highest BCUT2D eigenvalue weighted by Gasteiger charge is 2.17. The van der Waals surface area contributed by atoms with Crippen molar-refractivity contribution >= 4 is 45.0 Å². The largest absolute Gasteiger partial charge is 0.495 e. The van der Waals surface area contributed by atoms with Crippen LogP contribution in [0.3, 0.4) is 0 Å². The number of methoxy groups -OCH3 is 1. The second-order valence-corrected chi connectivity index (χ2v) is 8.99. The molecule has 5 aromatic rings. The van der Waals surface area contributed by atoms with Crippen LogP contribution in [-0.4, -0.2) is 26.9 Å². The second kappa shape index (κ2) is 8.97. The van der Waals surface area contributed by atoms with Crippen molar-refractivity contribution in [3.05, 3.63) is 84.4 Å². The van der Waals surface area contributed by atoms with Crippen molar-refractivity contribution < 1.29 is 9.13 Å². The molecule has 0 spiro atoms. The normalized spacial score (nSPS) is 11.1. The summed E-state index contributed by atoms with van der Waals surface area (Å²) in [7, 11) is 1.63. The third-order valence-electron chi connectivity index (χ3n) is 4.79. The number of benzene rings is 3. The number of hydrogen-bond acceptors (Lipinski definition) is 7. The van der Waals surface area contributed by atoms with Gasteiger partial charge >= 0.3 is 0 Å². The molecule has 1 N–H and O–H groups in total. The Labute approximate surface area is 192 Å². The number of para-hydroxylation sites is 4. The van der Waals surface area contributed by atoms with E-state index < -0.39 is 0 Å². The molecule has 9 heteroatoms. The van der Waals surface area contributed by atoms with E-state index in [0.29, 0.717) is 21.9 Å². The molecule has 32 heavy (non-hydrogen) atoms. The lowest BCUT2D eigenvalue weighted by atomic mass is 10.2. The molecule has 6 nitrogen and oxygen atoms in total. The summed E-state index contributed by atoms with van der Waals surface area (Å²) in [6.07, 6.45) is 0. The summed E-state index contributed by atoms with van der Waals surface area (Å²) in [5, 5.41) is 12.4. The van der Waals surface area contributed by atoms with Gasteiger partial charge in [0.2, 0.25) is 5.13 Å². The minimum atomic E-state index is -0.297. The molecule has 0 aliphatic rings. The summed E-state index contributed by atoms with van der Waals surface area (Å²) in [6.45, 7) is 0. The monoisotopic (exact) mass is 463 g/mol. The van der Waals surface area contributed by atoms with Gasteiger partial charge in [-0.1, -0.05) is 59.5 Å². The van der Waals surface area contributed by atoms with Crippen molar-refractivity contribution in [2.75, 3.05) is 12.4 Å². The van der Waals surface area contributed by atoms with Gasteiger partial charge in [0, 0.05) is 5.69 Å². The van der Waals surface area contributed by atoms with Gasteiger partial charge in [-0.2, -0.15) is 0 Å². The highest BCUT2D eigenvalue weighted by atomic mass is 32.2. The molecule has 0 radical (unpaired) electrons. The SMILES string of the molecule is COc1ccccc1Nc1nnc(SCc2nc3cccc(F)c3n2-c2ccccc2)s1. The number of aromatic nitrogens is 4. The fourth-order valence-electron chi connectivity index (χ4n) is 3.39. The Balaban J connectivity index is 1.40. The Morgan fingerprint density at radius 2 is 1.81 bits per heavy atom. The lowest BCUT2D eigenvalue weighted by Gasteiger charge is -2.09. The highest BCUT2D eigenvalue weighted by Crippen LogP contribution is 2.34. The van der Waals surface area contributed by atoms with E-state index in [1.165, 1.54) is 29.2 Å². The number of anilines is 2. The van der Waals surface area contributed by atoms with Gasteiger partial charge in [-0.25, -0.2) is 9.37 Å². The van der Waals surface area contributed by atoms with Crippen molar-refractivity contribution in [3.8, 4) is 11.4 Å². The average molecular weight is 464 g/mol. The zero-order valence-corrected chi connectivity index (χ0v) is 18.7. The number of rotatable bonds is 7. The molecule has 2 heterocycles. The molecular weight excluding hydrogens is 445 g/mol. The van der Waals surface area contributed by atoms with Gasteiger partial charge in [-0.3, -0.25) is 4.57 Å². The summed E-state index contributed by atoms with van der Waals surface area (Å²) in [6, 6.07) is 22.3. The number of fused-ring (bicyclic) bond motifs is 1. The van der Waals surface area contributed by atoms with E-state index >= 15 is 0 Å². The van der Waals surface area contributed by atoms with Crippen molar-refractivity contribution in [2.24, 2.45) is 0 Å². The van der Waals surface area contributed by atoms with E-state index in [1.807, 2.05) is 65.2 Å². The van der Waals surface area contributed by atoms with Crippen LogP contribution in [0.1, 0.15) is 5.82 Å². The smallest absolute Gasteiger partial charge is 0.210 e. The van der Waals surface area contributed by atoms with Crippen molar-refractivity contribution in [2.45, 2.75) is 10.1 Å². The molecule has 3 aromatic carbocycles. The zero-order valence-electron chi connectivity index (χ0n) is 17.0. The number of nitrogens with one attached hydrogen (secondary N) is 1. The molecule has 0 bridgehead atoms. The minimum Gasteiger partial charge on any atom is -0.495 e. The van der Waals surface area contributed by atoms with Gasteiger partial charge in [0.25, 0.3) is 0 Å². The van der Waals surface area contributed by atoms with Crippen LogP contribution >= 0.6 is 23.1 Å². The Hall–Kier alpha value is -3.43. The fraction of sp³-hybridized carbons (Fsp3) is 0.0870. The maximum absolute atomic E-state index is 14.7. The summed E-state index contributed by atoms with van der Waals surface area (Å²) in [5.41, 5.74) is 2.79. The number of halogens is 1. The van der Waals surface area contributed by atoms with Gasteiger partial charge in [-0.15, -0.1) is 10.2 Å². The molecule has 0 saturated carbocycles. The van der Waals surface area contributed by atoms with E-state index in [2.05, 4.69) is 20.5 Å². The van der Waals surface area contributed by atoms with Gasteiger partial charge in [0.1, 0.15) is 22.9 Å². The standard InChI is InChI=1S/C23H18FN5OS2/c1-30-19-13-6-5-11-17(19)26-22-27-28-23(32-22)31-14-20-25-18-12-7-10-16(24)21(18)29(20)15-8-3-2-4-9-15/h2-13H,14H2,1H3,(H,26,27). The summed E-state index contributed by atoms with van der Waals surface area (Å²) in [5.74, 6) is 1.70. The van der Waals surface area contributed by atoms with Crippen LogP contribution in [0.4, 0.5) is 15.2 Å². The summed E-state index contributed by atoms with van der Waals surface area (Å²) < 4.78 is 22.7. The van der Waals surface area contributed by atoms with Crippen LogP contribution in [0.2, 0.25) is 0 Å². The lowest BCUT2D eigenvalue weighted by Crippen LogP contribution is -2.01. The zero-order chi connectivity index (χ0) is 21.9. The first-order chi connectivity index (χ1) is 15.7. The van der Waals surface area contributed by atoms with Gasteiger partial charge in [0.05, 0.1) is 24.1 Å². The third kappa shape index (κ3) is 4.04. The highest BCUT2D eigenvalue weighted by molar-refractivity contribution is 8.00. The van der Waals surface area contributed by atoms with Crippen LogP contribution in [0.25, 0.3) is 16.7 Å². The quantitative estimate of drug-likeness (QED) is 0.296. The van der Waals surface area contributed by atoms with Gasteiger partial charge < -0.3 is 10.1 Å². The predicted octanol–water partition coefficient (Wildman–Crippen LogP) is 6.06. The van der Waals surface area contributed by atoms with Gasteiger partial charge in [-0.05, 0) is 36.4 Å². The predicted molar refractivity (Wildman–Crippen MR) is 127 cm³/mol. The molecule has 0 unspecified atom stereocenters. The van der Waals surface area contributed by atoms with Crippen LogP contribution in [0, 0.1) is 5.82 Å². The number of thioether (sulfide) groups is 1. The molecule has 2 aromatic heterocycles. The third-order valence-corrected chi connectivity index (χ3v) is 6.76. The van der Waals surface area contributed by atoms with Crippen LogP contribution in [0.5, 0.6) is 5.75 Å². The fourth-order valence-corrected chi connectivity index (χ4v) is 5.08. The van der Waals surface area contributed by atoms with Gasteiger partial charge in [0.15, 0.2) is 4.34 Å². The molecule has 0 aliphatic carbocycles. The Kier molecular flexibility index (Phi) is 5.74. The van der Waals surface area contributed by atoms with E-state index in [0.717, 1.165) is 27.3 Å². The van der Waals surface area contributed by atoms with Crippen LogP contribution in [0.15, 0.2) is 77.1 Å². The first-order valence-electron chi connectivity index (χ1n) is 9.80. The summed E-state index contributed by atoms with van der Waals surface area (Å²) in [4.78, 5) is 4.69.